The monoisotopic (exact) mass is 411 g/mol. The highest BCUT2D eigenvalue weighted by Crippen LogP contribution is 2.36. The third kappa shape index (κ3) is 3.39. The van der Waals surface area contributed by atoms with Crippen LogP contribution >= 0.6 is 11.3 Å². The first kappa shape index (κ1) is 18.6. The molecule has 0 spiro atoms. The molecule has 1 saturated heterocycles. The van der Waals surface area contributed by atoms with Gasteiger partial charge >= 0.3 is 6.18 Å². The molecule has 10 heteroatoms. The van der Waals surface area contributed by atoms with Crippen LogP contribution in [0.2, 0.25) is 0 Å². The summed E-state index contributed by atoms with van der Waals surface area (Å²) in [7, 11) is 0. The molecular weight excluding hydrogens is 398 g/mol. The molecule has 1 fully saturated rings. The van der Waals surface area contributed by atoms with Crippen molar-refractivity contribution < 1.29 is 26.8 Å². The van der Waals surface area contributed by atoms with E-state index in [-0.39, 0.29) is 11.5 Å². The molecule has 5 nitrogen and oxygen atoms in total. The second-order valence-electron chi connectivity index (χ2n) is 6.27. The van der Waals surface area contributed by atoms with Crippen molar-refractivity contribution in [2.24, 2.45) is 0 Å². The average Bonchev–Trinajstić information content (AvgIpc) is 3.39. The van der Waals surface area contributed by atoms with E-state index < -0.39 is 29.5 Å². The number of amides is 1. The van der Waals surface area contributed by atoms with E-state index in [0.29, 0.717) is 37.4 Å². The van der Waals surface area contributed by atoms with Gasteiger partial charge in [-0.15, -0.1) is 21.5 Å². The Bertz CT molecular complexity index is 1000. The molecule has 1 aliphatic heterocycles. The van der Waals surface area contributed by atoms with Crippen LogP contribution in [0.5, 0.6) is 0 Å². The van der Waals surface area contributed by atoms with Crippen LogP contribution in [0.1, 0.15) is 40.7 Å². The molecule has 28 heavy (non-hydrogen) atoms. The molecule has 0 N–H and O–H groups in total. The zero-order valence-corrected chi connectivity index (χ0v) is 15.1. The van der Waals surface area contributed by atoms with Gasteiger partial charge in [-0.3, -0.25) is 4.79 Å². The van der Waals surface area contributed by atoms with Gasteiger partial charge in [0.25, 0.3) is 11.8 Å². The molecule has 1 aliphatic rings. The van der Waals surface area contributed by atoms with Crippen LogP contribution in [0, 0.1) is 5.82 Å². The van der Waals surface area contributed by atoms with Gasteiger partial charge in [-0.1, -0.05) is 6.07 Å². The Kier molecular flexibility index (Phi) is 4.66. The first-order valence-corrected chi connectivity index (χ1v) is 9.27. The molecule has 1 unspecified atom stereocenters. The van der Waals surface area contributed by atoms with E-state index in [1.165, 1.54) is 16.2 Å². The van der Waals surface area contributed by atoms with E-state index in [4.69, 9.17) is 4.42 Å². The summed E-state index contributed by atoms with van der Waals surface area (Å²) in [5.74, 6) is -1.47. The summed E-state index contributed by atoms with van der Waals surface area (Å²) in [5.41, 5.74) is -1.56. The van der Waals surface area contributed by atoms with Gasteiger partial charge in [-0.05, 0) is 42.5 Å². The van der Waals surface area contributed by atoms with Gasteiger partial charge in [0.05, 0.1) is 10.4 Å². The smallest absolute Gasteiger partial charge is 0.418 e. The van der Waals surface area contributed by atoms with Crippen LogP contribution in [-0.4, -0.2) is 27.5 Å². The summed E-state index contributed by atoms with van der Waals surface area (Å²) in [4.78, 5) is 15.0. The van der Waals surface area contributed by atoms with Gasteiger partial charge in [-0.25, -0.2) is 4.39 Å². The van der Waals surface area contributed by atoms with Crippen LogP contribution in [0.25, 0.3) is 10.8 Å². The first-order chi connectivity index (χ1) is 13.3. The zero-order valence-electron chi connectivity index (χ0n) is 14.2. The third-order valence-corrected chi connectivity index (χ3v) is 5.35. The maximum absolute atomic E-state index is 13.8. The fraction of sp³-hybridized carbons (Fsp3) is 0.278. The molecule has 0 radical (unpaired) electrons. The molecule has 1 aromatic carbocycles. The lowest BCUT2D eigenvalue weighted by Gasteiger charge is -2.22. The number of halogens is 4. The van der Waals surface area contributed by atoms with Gasteiger partial charge in [0.15, 0.2) is 0 Å². The Morgan fingerprint density at radius 1 is 1.25 bits per heavy atom. The quantitative estimate of drug-likeness (QED) is 0.574. The Labute approximate surface area is 160 Å². The van der Waals surface area contributed by atoms with Crippen molar-refractivity contribution in [2.45, 2.75) is 25.1 Å². The van der Waals surface area contributed by atoms with Crippen molar-refractivity contribution in [1.29, 1.82) is 0 Å². The maximum atomic E-state index is 13.8. The van der Waals surface area contributed by atoms with E-state index in [1.807, 2.05) is 17.5 Å². The summed E-state index contributed by atoms with van der Waals surface area (Å²) >= 11 is 1.43. The summed E-state index contributed by atoms with van der Waals surface area (Å²) in [6, 6.07) is 5.34. The van der Waals surface area contributed by atoms with Gasteiger partial charge in [-0.2, -0.15) is 13.2 Å². The standard InChI is InChI=1S/C18H13F4N3O2S/c19-12-9-10(5-6-11(12)18(20,21)22)17(26)25-7-1-3-13(25)15-23-24-16(27-15)14-4-2-8-28-14/h2,4-6,8-9,13H,1,3,7H2. The van der Waals surface area contributed by atoms with Crippen molar-refractivity contribution in [3.8, 4) is 10.8 Å². The number of benzene rings is 1. The molecule has 2 aromatic heterocycles. The molecule has 0 bridgehead atoms. The minimum absolute atomic E-state index is 0.157. The first-order valence-electron chi connectivity index (χ1n) is 8.39. The number of thiophene rings is 1. The predicted molar refractivity (Wildman–Crippen MR) is 92.0 cm³/mol. The van der Waals surface area contributed by atoms with E-state index in [1.54, 1.807) is 0 Å². The number of hydrogen-bond donors (Lipinski definition) is 0. The molecule has 146 valence electrons. The molecule has 3 heterocycles. The number of nitrogens with zero attached hydrogens (tertiary/aromatic N) is 3. The highest BCUT2D eigenvalue weighted by atomic mass is 32.1. The minimum Gasteiger partial charge on any atom is -0.418 e. The zero-order chi connectivity index (χ0) is 19.9. The lowest BCUT2D eigenvalue weighted by Crippen LogP contribution is -2.31. The van der Waals surface area contributed by atoms with E-state index >= 15 is 0 Å². The van der Waals surface area contributed by atoms with Crippen LogP contribution in [-0.2, 0) is 6.18 Å². The topological polar surface area (TPSA) is 59.2 Å². The Hall–Kier alpha value is -2.75. The van der Waals surface area contributed by atoms with E-state index in [0.717, 1.165) is 10.9 Å². The average molecular weight is 411 g/mol. The predicted octanol–water partition coefficient (Wildman–Crippen LogP) is 4.93. The van der Waals surface area contributed by atoms with Crippen LogP contribution in [0.4, 0.5) is 17.6 Å². The fourth-order valence-corrected chi connectivity index (χ4v) is 3.82. The van der Waals surface area contributed by atoms with Crippen molar-refractivity contribution >= 4 is 17.2 Å². The largest absolute Gasteiger partial charge is 0.419 e. The summed E-state index contributed by atoms with van der Waals surface area (Å²) < 4.78 is 57.7. The molecule has 0 aliphatic carbocycles. The number of hydrogen-bond acceptors (Lipinski definition) is 5. The van der Waals surface area contributed by atoms with Crippen molar-refractivity contribution in [3.63, 3.8) is 0 Å². The van der Waals surface area contributed by atoms with Crippen LogP contribution < -0.4 is 0 Å². The van der Waals surface area contributed by atoms with E-state index in [9.17, 15) is 22.4 Å². The number of carbonyl (C=O) groups excluding carboxylic acids is 1. The highest BCUT2D eigenvalue weighted by Gasteiger charge is 2.37. The molecule has 1 amide bonds. The number of likely N-dealkylation sites (tertiary alicyclic amines) is 1. The van der Waals surface area contributed by atoms with E-state index in [2.05, 4.69) is 10.2 Å². The summed E-state index contributed by atoms with van der Waals surface area (Å²) in [5, 5.41) is 9.88. The molecule has 0 saturated carbocycles. The van der Waals surface area contributed by atoms with Gasteiger partial charge < -0.3 is 9.32 Å². The molecular formula is C18H13F4N3O2S. The fourth-order valence-electron chi connectivity index (χ4n) is 3.18. The third-order valence-electron chi connectivity index (χ3n) is 4.49. The van der Waals surface area contributed by atoms with Crippen molar-refractivity contribution in [1.82, 2.24) is 15.1 Å². The molecule has 1 atom stereocenters. The second-order valence-corrected chi connectivity index (χ2v) is 7.22. The number of alkyl halides is 3. The van der Waals surface area contributed by atoms with Gasteiger partial charge in [0, 0.05) is 12.1 Å². The normalized spacial score (nSPS) is 17.3. The maximum Gasteiger partial charge on any atom is 0.419 e. The van der Waals surface area contributed by atoms with Gasteiger partial charge in [0.1, 0.15) is 11.9 Å². The highest BCUT2D eigenvalue weighted by molar-refractivity contribution is 7.13. The number of aromatic nitrogens is 2. The lowest BCUT2D eigenvalue weighted by atomic mass is 10.1. The van der Waals surface area contributed by atoms with Crippen LogP contribution in [0.15, 0.2) is 40.1 Å². The SMILES string of the molecule is O=C(c1ccc(C(F)(F)F)c(F)c1)N1CCCC1c1nnc(-c2cccs2)o1. The minimum atomic E-state index is -4.82. The Morgan fingerprint density at radius 3 is 2.75 bits per heavy atom. The summed E-state index contributed by atoms with van der Waals surface area (Å²) in [6.45, 7) is 0.364. The summed E-state index contributed by atoms with van der Waals surface area (Å²) in [6.07, 6.45) is -3.58. The second kappa shape index (κ2) is 7.01. The van der Waals surface area contributed by atoms with Crippen molar-refractivity contribution in [2.75, 3.05) is 6.54 Å². The number of rotatable bonds is 3. The van der Waals surface area contributed by atoms with Crippen LogP contribution in [0.3, 0.4) is 0 Å². The van der Waals surface area contributed by atoms with Gasteiger partial charge in [0.2, 0.25) is 5.89 Å². The van der Waals surface area contributed by atoms with Crippen molar-refractivity contribution in [3.05, 3.63) is 58.5 Å². The Morgan fingerprint density at radius 2 is 2.07 bits per heavy atom. The lowest BCUT2D eigenvalue weighted by molar-refractivity contribution is -0.140. The molecule has 3 aromatic rings. The Balaban J connectivity index is 1.58. The number of carbonyl (C=O) groups is 1. The molecule has 4 rings (SSSR count).